The zero-order valence-corrected chi connectivity index (χ0v) is 25.7. The fourth-order valence-electron chi connectivity index (χ4n) is 6.48. The molecular weight excluding hydrogens is 528 g/mol. The van der Waals surface area contributed by atoms with Crippen LogP contribution >= 0.6 is 11.3 Å². The predicted molar refractivity (Wildman–Crippen MR) is 168 cm³/mol. The van der Waals surface area contributed by atoms with Gasteiger partial charge in [0.15, 0.2) is 0 Å². The summed E-state index contributed by atoms with van der Waals surface area (Å²) in [5.74, 6) is 0.276. The molecule has 2 aromatic heterocycles. The molecular formula is C34H42N4O2S. The number of aromatic amines is 1. The molecule has 0 bridgehead atoms. The number of hydrogen-bond donors (Lipinski definition) is 1. The van der Waals surface area contributed by atoms with Crippen molar-refractivity contribution in [1.82, 2.24) is 19.7 Å². The van der Waals surface area contributed by atoms with Crippen LogP contribution in [0.1, 0.15) is 61.1 Å². The third-order valence-electron chi connectivity index (χ3n) is 9.09. The molecule has 2 unspecified atom stereocenters. The normalized spacial score (nSPS) is 16.7. The first-order valence-electron chi connectivity index (χ1n) is 14.6. The molecule has 6 nitrogen and oxygen atoms in total. The lowest BCUT2D eigenvalue weighted by molar-refractivity contribution is -0.147. The second-order valence-corrected chi connectivity index (χ2v) is 12.8. The van der Waals surface area contributed by atoms with Gasteiger partial charge in [0, 0.05) is 48.5 Å². The highest BCUT2D eigenvalue weighted by molar-refractivity contribution is 7.10. The quantitative estimate of drug-likeness (QED) is 0.246. The number of para-hydroxylation sites is 1. The van der Waals surface area contributed by atoms with E-state index >= 15 is 0 Å². The number of nitrogens with one attached hydrogen (secondary N) is 1. The maximum absolute atomic E-state index is 14.3. The summed E-state index contributed by atoms with van der Waals surface area (Å²) in [6, 6.07) is 21.7. The molecule has 7 heteroatoms. The van der Waals surface area contributed by atoms with E-state index in [1.165, 1.54) is 4.88 Å². The van der Waals surface area contributed by atoms with Gasteiger partial charge < -0.3 is 14.8 Å². The molecule has 1 aliphatic rings. The minimum absolute atomic E-state index is 0.00113. The summed E-state index contributed by atoms with van der Waals surface area (Å²) in [5, 5.41) is 3.28. The first kappa shape index (κ1) is 29.1. The first-order chi connectivity index (χ1) is 19.7. The monoisotopic (exact) mass is 570 g/mol. The third-order valence-corrected chi connectivity index (χ3v) is 10.2. The van der Waals surface area contributed by atoms with E-state index in [1.54, 1.807) is 23.3 Å². The van der Waals surface area contributed by atoms with E-state index < -0.39 is 6.04 Å². The molecule has 41 heavy (non-hydrogen) atoms. The van der Waals surface area contributed by atoms with Crippen LogP contribution in [0.25, 0.3) is 10.9 Å². The number of benzene rings is 2. The van der Waals surface area contributed by atoms with Crippen LogP contribution in [0.3, 0.4) is 0 Å². The molecule has 1 fully saturated rings. The maximum atomic E-state index is 14.3. The molecule has 2 aromatic carbocycles. The number of aromatic nitrogens is 1. The van der Waals surface area contributed by atoms with Crippen LogP contribution in [0.4, 0.5) is 0 Å². The van der Waals surface area contributed by atoms with Gasteiger partial charge >= 0.3 is 0 Å². The molecule has 0 saturated carbocycles. The number of likely N-dealkylation sites (tertiary alicyclic amines) is 1. The molecule has 0 spiro atoms. The Hall–Kier alpha value is -3.42. The molecule has 4 aromatic rings. The number of piperidine rings is 1. The van der Waals surface area contributed by atoms with Gasteiger partial charge in [0.25, 0.3) is 0 Å². The second-order valence-electron chi connectivity index (χ2n) is 11.9. The number of carbonyl (C=O) groups is 2. The summed E-state index contributed by atoms with van der Waals surface area (Å²) in [7, 11) is 6.06. The van der Waals surface area contributed by atoms with Crippen LogP contribution in [0.2, 0.25) is 0 Å². The van der Waals surface area contributed by atoms with Crippen LogP contribution in [0, 0.1) is 5.92 Å². The zero-order chi connectivity index (χ0) is 29.1. The number of H-pyrrole nitrogens is 1. The van der Waals surface area contributed by atoms with Crippen molar-refractivity contribution in [3.8, 4) is 0 Å². The summed E-state index contributed by atoms with van der Waals surface area (Å²) in [6.07, 6.45) is 4.11. The minimum atomic E-state index is -0.659. The Kier molecular flexibility index (Phi) is 8.66. The number of carbonyl (C=O) groups excluding carboxylic acids is 2. The summed E-state index contributed by atoms with van der Waals surface area (Å²) in [4.78, 5) is 38.9. The number of nitrogens with zero attached hydrogens (tertiary/aromatic N) is 3. The van der Waals surface area contributed by atoms with Crippen LogP contribution in [0.5, 0.6) is 0 Å². The Bertz CT molecular complexity index is 1450. The molecule has 216 valence electrons. The lowest BCUT2D eigenvalue weighted by Gasteiger charge is -2.46. The van der Waals surface area contributed by atoms with Crippen LogP contribution < -0.4 is 0 Å². The molecule has 0 radical (unpaired) electrons. The number of rotatable bonds is 9. The van der Waals surface area contributed by atoms with E-state index in [-0.39, 0.29) is 29.2 Å². The SMILES string of the molecule is CC(C)C(CC(=O)N(C)C(C(=O)N1CCC(c2cccs2)(N(C)C)CC1)c1ccccc1)c1c[nH]c2ccccc12. The van der Waals surface area contributed by atoms with E-state index in [0.717, 1.165) is 34.9 Å². The van der Waals surface area contributed by atoms with E-state index in [9.17, 15) is 9.59 Å². The molecule has 2 atom stereocenters. The van der Waals surface area contributed by atoms with Gasteiger partial charge in [0.05, 0.1) is 5.54 Å². The molecule has 1 N–H and O–H groups in total. The van der Waals surface area contributed by atoms with Crippen molar-refractivity contribution < 1.29 is 9.59 Å². The second kappa shape index (κ2) is 12.2. The van der Waals surface area contributed by atoms with E-state index in [0.29, 0.717) is 19.5 Å². The van der Waals surface area contributed by atoms with Crippen molar-refractivity contribution in [1.29, 1.82) is 0 Å². The number of likely N-dealkylation sites (N-methyl/N-ethyl adjacent to an activating group) is 1. The first-order valence-corrected chi connectivity index (χ1v) is 15.5. The van der Waals surface area contributed by atoms with Crippen molar-refractivity contribution in [3.63, 3.8) is 0 Å². The maximum Gasteiger partial charge on any atom is 0.250 e. The zero-order valence-electron chi connectivity index (χ0n) is 24.8. The van der Waals surface area contributed by atoms with Crippen molar-refractivity contribution in [2.45, 2.75) is 50.6 Å². The van der Waals surface area contributed by atoms with Crippen LogP contribution in [0.15, 0.2) is 78.3 Å². The molecule has 2 amide bonds. The average Bonchev–Trinajstić information content (AvgIpc) is 3.67. The lowest BCUT2D eigenvalue weighted by atomic mass is 9.84. The number of fused-ring (bicyclic) bond motifs is 1. The van der Waals surface area contributed by atoms with Gasteiger partial charge in [0.2, 0.25) is 11.8 Å². The fourth-order valence-corrected chi connectivity index (χ4v) is 7.54. The smallest absolute Gasteiger partial charge is 0.250 e. The Morgan fingerprint density at radius 3 is 2.27 bits per heavy atom. The Morgan fingerprint density at radius 1 is 0.951 bits per heavy atom. The van der Waals surface area contributed by atoms with Crippen molar-refractivity contribution in [2.75, 3.05) is 34.2 Å². The van der Waals surface area contributed by atoms with Gasteiger partial charge in [-0.25, -0.2) is 0 Å². The third kappa shape index (κ3) is 5.70. The van der Waals surface area contributed by atoms with Crippen molar-refractivity contribution in [2.24, 2.45) is 5.92 Å². The van der Waals surface area contributed by atoms with Crippen LogP contribution in [-0.2, 0) is 15.1 Å². The summed E-state index contributed by atoms with van der Waals surface area (Å²) >= 11 is 1.79. The highest BCUT2D eigenvalue weighted by Crippen LogP contribution is 2.41. The summed E-state index contributed by atoms with van der Waals surface area (Å²) < 4.78 is 0. The standard InChI is InChI=1S/C34H42N4O2S/c1-24(2)27(28-23-35-29-15-10-9-14-26(28)29)22-31(39)37(5)32(25-12-7-6-8-13-25)33(40)38-19-17-34(18-20-38,36(3)4)30-16-11-21-41-30/h6-16,21,23-24,27,32,35H,17-20,22H2,1-5H3. The van der Waals surface area contributed by atoms with Gasteiger partial charge in [-0.05, 0) is 67.4 Å². The summed E-state index contributed by atoms with van der Waals surface area (Å²) in [6.45, 7) is 5.64. The predicted octanol–water partition coefficient (Wildman–Crippen LogP) is 6.64. The van der Waals surface area contributed by atoms with E-state index in [1.807, 2.05) is 53.6 Å². The van der Waals surface area contributed by atoms with Crippen molar-refractivity contribution in [3.05, 3.63) is 94.3 Å². The van der Waals surface area contributed by atoms with E-state index in [4.69, 9.17) is 0 Å². The highest BCUT2D eigenvalue weighted by atomic mass is 32.1. The fraction of sp³-hybridized carbons (Fsp3) is 0.412. The van der Waals surface area contributed by atoms with Gasteiger partial charge in [-0.3, -0.25) is 14.5 Å². The summed E-state index contributed by atoms with van der Waals surface area (Å²) in [5.41, 5.74) is 3.01. The Balaban J connectivity index is 1.38. The molecule has 1 aliphatic heterocycles. The molecule has 3 heterocycles. The minimum Gasteiger partial charge on any atom is -0.361 e. The topological polar surface area (TPSA) is 59.7 Å². The average molecular weight is 571 g/mol. The molecule has 5 rings (SSSR count). The Labute approximate surface area is 248 Å². The van der Waals surface area contributed by atoms with E-state index in [2.05, 4.69) is 67.5 Å². The number of amides is 2. The van der Waals surface area contributed by atoms with Gasteiger partial charge in [-0.1, -0.05) is 68.4 Å². The number of hydrogen-bond acceptors (Lipinski definition) is 4. The molecule has 0 aliphatic carbocycles. The largest absolute Gasteiger partial charge is 0.361 e. The van der Waals surface area contributed by atoms with Gasteiger partial charge in [-0.2, -0.15) is 0 Å². The highest BCUT2D eigenvalue weighted by Gasteiger charge is 2.42. The van der Waals surface area contributed by atoms with Crippen LogP contribution in [-0.4, -0.2) is 65.7 Å². The number of thiophene rings is 1. The van der Waals surface area contributed by atoms with Gasteiger partial charge in [0.1, 0.15) is 6.04 Å². The molecule has 1 saturated heterocycles. The van der Waals surface area contributed by atoms with Crippen molar-refractivity contribution >= 4 is 34.1 Å². The van der Waals surface area contributed by atoms with Gasteiger partial charge in [-0.15, -0.1) is 11.3 Å². The Morgan fingerprint density at radius 2 is 1.63 bits per heavy atom. The lowest BCUT2D eigenvalue weighted by Crippen LogP contribution is -2.53.